The van der Waals surface area contributed by atoms with Crippen LogP contribution < -0.4 is 5.32 Å². The Morgan fingerprint density at radius 3 is 2.45 bits per heavy atom. The number of benzene rings is 2. The molecule has 1 aliphatic carbocycles. The Bertz CT molecular complexity index is 678. The van der Waals surface area contributed by atoms with Gasteiger partial charge in [-0.15, -0.1) is 0 Å². The summed E-state index contributed by atoms with van der Waals surface area (Å²) in [7, 11) is 0. The van der Waals surface area contributed by atoms with E-state index in [1.165, 1.54) is 36.0 Å². The predicted octanol–water partition coefficient (Wildman–Crippen LogP) is 4.71. The zero-order chi connectivity index (χ0) is 15.5. The molecule has 0 spiro atoms. The number of fused-ring (bicyclic) bond motifs is 1. The molecular weight excluding hydrogens is 294 g/mol. The van der Waals surface area contributed by atoms with Crippen LogP contribution in [0, 0.1) is 0 Å². The van der Waals surface area contributed by atoms with Gasteiger partial charge >= 0.3 is 0 Å². The lowest BCUT2D eigenvalue weighted by molar-refractivity contribution is 0.0940. The van der Waals surface area contributed by atoms with Gasteiger partial charge < -0.3 is 5.32 Å². The summed E-state index contributed by atoms with van der Waals surface area (Å²) in [5, 5.41) is 3.69. The molecular formula is C19H20ClNO. The van der Waals surface area contributed by atoms with Crippen LogP contribution in [0.25, 0.3) is 0 Å². The molecule has 3 rings (SSSR count). The van der Waals surface area contributed by atoms with E-state index in [2.05, 4.69) is 23.5 Å². The van der Waals surface area contributed by atoms with Crippen LogP contribution in [0.5, 0.6) is 0 Å². The molecule has 22 heavy (non-hydrogen) atoms. The zero-order valence-corrected chi connectivity index (χ0v) is 13.5. The van der Waals surface area contributed by atoms with Gasteiger partial charge in [0.25, 0.3) is 5.91 Å². The number of amides is 1. The van der Waals surface area contributed by atoms with Crippen LogP contribution in [0.15, 0.2) is 42.5 Å². The molecule has 1 N–H and O–H groups in total. The summed E-state index contributed by atoms with van der Waals surface area (Å²) >= 11 is 5.85. The van der Waals surface area contributed by atoms with Crippen molar-refractivity contribution in [3.63, 3.8) is 0 Å². The number of carbonyl (C=O) groups is 1. The third-order valence-corrected chi connectivity index (χ3v) is 4.58. The monoisotopic (exact) mass is 313 g/mol. The number of aryl methyl sites for hydroxylation is 2. The first-order valence-corrected chi connectivity index (χ1v) is 8.19. The van der Waals surface area contributed by atoms with E-state index in [-0.39, 0.29) is 11.9 Å². The van der Waals surface area contributed by atoms with Gasteiger partial charge in [0.2, 0.25) is 0 Å². The van der Waals surface area contributed by atoms with Crippen LogP contribution in [0.2, 0.25) is 5.02 Å². The maximum absolute atomic E-state index is 12.3. The van der Waals surface area contributed by atoms with Crippen LogP contribution in [0.4, 0.5) is 0 Å². The van der Waals surface area contributed by atoms with E-state index in [0.29, 0.717) is 10.6 Å². The van der Waals surface area contributed by atoms with Gasteiger partial charge in [-0.25, -0.2) is 0 Å². The first-order valence-electron chi connectivity index (χ1n) is 7.81. The summed E-state index contributed by atoms with van der Waals surface area (Å²) in [6.07, 6.45) is 4.89. The molecule has 0 bridgehead atoms. The number of hydrogen-bond donors (Lipinski definition) is 1. The largest absolute Gasteiger partial charge is 0.346 e. The van der Waals surface area contributed by atoms with E-state index in [1.807, 2.05) is 6.92 Å². The second-order valence-corrected chi connectivity index (χ2v) is 6.37. The summed E-state index contributed by atoms with van der Waals surface area (Å²) in [6.45, 7) is 2.03. The summed E-state index contributed by atoms with van der Waals surface area (Å²) in [5.41, 5.74) is 4.71. The fourth-order valence-electron chi connectivity index (χ4n) is 2.99. The molecule has 0 radical (unpaired) electrons. The number of carbonyl (C=O) groups excluding carboxylic acids is 1. The van der Waals surface area contributed by atoms with E-state index < -0.39 is 0 Å². The van der Waals surface area contributed by atoms with Crippen LogP contribution in [-0.2, 0) is 12.8 Å². The lowest BCUT2D eigenvalue weighted by atomic mass is 9.89. The average Bonchev–Trinajstić information content (AvgIpc) is 2.55. The van der Waals surface area contributed by atoms with E-state index >= 15 is 0 Å². The van der Waals surface area contributed by atoms with Crippen LogP contribution in [0.3, 0.4) is 0 Å². The smallest absolute Gasteiger partial charge is 0.251 e. The third kappa shape index (κ3) is 3.33. The Morgan fingerprint density at radius 2 is 1.73 bits per heavy atom. The maximum Gasteiger partial charge on any atom is 0.251 e. The van der Waals surface area contributed by atoms with Gasteiger partial charge in [0, 0.05) is 10.6 Å². The standard InChI is InChI=1S/C19H20ClNO/c1-13(21-19(22)15-8-10-18(20)11-9-15)16-7-6-14-4-2-3-5-17(14)12-16/h6-13H,2-5H2,1H3,(H,21,22)/t13-/m1/s1. The molecule has 1 amide bonds. The molecule has 3 heteroatoms. The first-order chi connectivity index (χ1) is 10.6. The van der Waals surface area contributed by atoms with E-state index in [4.69, 9.17) is 11.6 Å². The van der Waals surface area contributed by atoms with Crippen molar-refractivity contribution in [1.82, 2.24) is 5.32 Å². The number of rotatable bonds is 3. The van der Waals surface area contributed by atoms with Crippen molar-refractivity contribution in [3.8, 4) is 0 Å². The first kappa shape index (κ1) is 15.1. The van der Waals surface area contributed by atoms with Crippen molar-refractivity contribution in [2.24, 2.45) is 0 Å². The van der Waals surface area contributed by atoms with Crippen molar-refractivity contribution < 1.29 is 4.79 Å². The second-order valence-electron chi connectivity index (χ2n) is 5.94. The van der Waals surface area contributed by atoms with Crippen molar-refractivity contribution >= 4 is 17.5 Å². The summed E-state index contributed by atoms with van der Waals surface area (Å²) < 4.78 is 0. The van der Waals surface area contributed by atoms with Gasteiger partial charge in [-0.3, -0.25) is 4.79 Å². The summed E-state index contributed by atoms with van der Waals surface area (Å²) in [4.78, 5) is 12.3. The third-order valence-electron chi connectivity index (χ3n) is 4.33. The van der Waals surface area contributed by atoms with Crippen molar-refractivity contribution in [2.45, 2.75) is 38.6 Å². The fourth-order valence-corrected chi connectivity index (χ4v) is 3.11. The maximum atomic E-state index is 12.3. The molecule has 0 heterocycles. The van der Waals surface area contributed by atoms with Crippen molar-refractivity contribution in [1.29, 1.82) is 0 Å². The molecule has 0 saturated heterocycles. The Hall–Kier alpha value is -1.80. The molecule has 2 aromatic carbocycles. The Balaban J connectivity index is 1.72. The lowest BCUT2D eigenvalue weighted by Crippen LogP contribution is -2.26. The van der Waals surface area contributed by atoms with Crippen molar-refractivity contribution in [3.05, 3.63) is 69.7 Å². The minimum Gasteiger partial charge on any atom is -0.346 e. The van der Waals surface area contributed by atoms with Gasteiger partial charge in [0.15, 0.2) is 0 Å². The lowest BCUT2D eigenvalue weighted by Gasteiger charge is -2.20. The molecule has 1 atom stereocenters. The second kappa shape index (κ2) is 6.53. The molecule has 1 aliphatic rings. The quantitative estimate of drug-likeness (QED) is 0.873. The number of hydrogen-bond acceptors (Lipinski definition) is 1. The minimum atomic E-state index is -0.0677. The summed E-state index contributed by atoms with van der Waals surface area (Å²) in [6, 6.07) is 13.6. The molecule has 0 unspecified atom stereocenters. The number of nitrogens with one attached hydrogen (secondary N) is 1. The summed E-state index contributed by atoms with van der Waals surface area (Å²) in [5.74, 6) is -0.0677. The molecule has 2 nitrogen and oxygen atoms in total. The molecule has 0 aromatic heterocycles. The zero-order valence-electron chi connectivity index (χ0n) is 12.7. The SMILES string of the molecule is C[C@@H](NC(=O)c1ccc(Cl)cc1)c1ccc2c(c1)CCCC2. The Kier molecular flexibility index (Phi) is 4.49. The van der Waals surface area contributed by atoms with Gasteiger partial charge in [-0.1, -0.05) is 29.8 Å². The highest BCUT2D eigenvalue weighted by Gasteiger charge is 2.14. The number of halogens is 1. The normalized spacial score (nSPS) is 15.0. The van der Waals surface area contributed by atoms with Gasteiger partial charge in [-0.05, 0) is 73.6 Å². The topological polar surface area (TPSA) is 29.1 Å². The van der Waals surface area contributed by atoms with Crippen LogP contribution in [0.1, 0.15) is 52.9 Å². The van der Waals surface area contributed by atoms with Crippen LogP contribution in [-0.4, -0.2) is 5.91 Å². The minimum absolute atomic E-state index is 0.00426. The fraction of sp³-hybridized carbons (Fsp3) is 0.316. The van der Waals surface area contributed by atoms with Gasteiger partial charge in [0.05, 0.1) is 6.04 Å². The highest BCUT2D eigenvalue weighted by atomic mass is 35.5. The highest BCUT2D eigenvalue weighted by Crippen LogP contribution is 2.25. The van der Waals surface area contributed by atoms with Crippen LogP contribution >= 0.6 is 11.6 Å². The molecule has 0 aliphatic heterocycles. The molecule has 0 saturated carbocycles. The van der Waals surface area contributed by atoms with Gasteiger partial charge in [-0.2, -0.15) is 0 Å². The van der Waals surface area contributed by atoms with E-state index in [9.17, 15) is 4.79 Å². The molecule has 114 valence electrons. The predicted molar refractivity (Wildman–Crippen MR) is 90.4 cm³/mol. The average molecular weight is 314 g/mol. The van der Waals surface area contributed by atoms with Gasteiger partial charge in [0.1, 0.15) is 0 Å². The molecule has 2 aromatic rings. The van der Waals surface area contributed by atoms with E-state index in [1.54, 1.807) is 24.3 Å². The highest BCUT2D eigenvalue weighted by molar-refractivity contribution is 6.30. The molecule has 0 fully saturated rings. The Morgan fingerprint density at radius 1 is 1.05 bits per heavy atom. The van der Waals surface area contributed by atoms with Crippen molar-refractivity contribution in [2.75, 3.05) is 0 Å². The van der Waals surface area contributed by atoms with E-state index in [0.717, 1.165) is 6.42 Å². The Labute approximate surface area is 136 Å².